The van der Waals surface area contributed by atoms with Crippen molar-refractivity contribution in [3.63, 3.8) is 0 Å². The fourth-order valence-electron chi connectivity index (χ4n) is 3.40. The summed E-state index contributed by atoms with van der Waals surface area (Å²) in [4.78, 5) is 22.7. The van der Waals surface area contributed by atoms with Crippen molar-refractivity contribution in [1.29, 1.82) is 0 Å². The van der Waals surface area contributed by atoms with E-state index in [0.717, 1.165) is 30.2 Å². The van der Waals surface area contributed by atoms with Crippen LogP contribution in [0.5, 0.6) is 0 Å². The Kier molecular flexibility index (Phi) is 5.80. The second-order valence-corrected chi connectivity index (χ2v) is 8.33. The molecule has 0 bridgehead atoms. The number of nitrogens with one attached hydrogen (secondary N) is 1. The predicted octanol–water partition coefficient (Wildman–Crippen LogP) is 1.98. The number of carbonyl (C=O) groups excluding carboxylic acids is 1. The number of nitro benzene ring substituents is 1. The fourth-order valence-corrected chi connectivity index (χ4v) is 4.64. The van der Waals surface area contributed by atoms with Gasteiger partial charge in [-0.05, 0) is 49.2 Å². The Labute approximate surface area is 166 Å². The van der Waals surface area contributed by atoms with Gasteiger partial charge in [-0.1, -0.05) is 18.2 Å². The van der Waals surface area contributed by atoms with E-state index >= 15 is 0 Å². The van der Waals surface area contributed by atoms with Crippen LogP contribution >= 0.6 is 0 Å². The van der Waals surface area contributed by atoms with Crippen molar-refractivity contribution in [3.05, 3.63) is 64.0 Å². The maximum atomic E-state index is 13.8. The number of nitrogens with two attached hydrogens (primary N) is 1. The van der Waals surface area contributed by atoms with E-state index in [-0.39, 0.29) is 11.7 Å². The number of benzene rings is 2. The zero-order valence-corrected chi connectivity index (χ0v) is 16.1. The molecule has 1 atom stereocenters. The minimum Gasteiger partial charge on any atom is -0.368 e. The van der Waals surface area contributed by atoms with Crippen LogP contribution in [0.25, 0.3) is 0 Å². The Hall–Kier alpha value is -3.05. The second-order valence-electron chi connectivity index (χ2n) is 6.68. The van der Waals surface area contributed by atoms with Gasteiger partial charge in [-0.15, -0.1) is 0 Å². The number of primary amides is 1. The normalized spacial score (nSPS) is 17.2. The molecule has 1 aliphatic heterocycles. The van der Waals surface area contributed by atoms with E-state index in [9.17, 15) is 27.7 Å². The number of halogens is 1. The molecule has 2 aromatic rings. The van der Waals surface area contributed by atoms with Gasteiger partial charge in [-0.3, -0.25) is 24.5 Å². The lowest BCUT2D eigenvalue weighted by Gasteiger charge is -2.22. The van der Waals surface area contributed by atoms with E-state index in [1.54, 1.807) is 18.2 Å². The smallest absolute Gasteiger partial charge is 0.325 e. The number of nitro groups is 1. The van der Waals surface area contributed by atoms with Crippen molar-refractivity contribution in [1.82, 2.24) is 4.90 Å². The Morgan fingerprint density at radius 2 is 2.03 bits per heavy atom. The van der Waals surface area contributed by atoms with E-state index in [4.69, 9.17) is 5.73 Å². The summed E-state index contributed by atoms with van der Waals surface area (Å²) >= 11 is 0. The minimum atomic E-state index is -4.40. The molecular formula is C18H19FN4O5S. The standard InChI is InChI=1S/C18H19FN4O5S/c19-14-6-2-8-16(17(14)23(25)26)29(27,28)21-13-5-1-4-12(10-13)11-22-9-3-7-15(22)18(20)24/h1-2,4-6,8,10,15,21H,3,7,9,11H2,(H2,20,24)/t15-/m1/s1. The summed E-state index contributed by atoms with van der Waals surface area (Å²) in [5, 5.41) is 11.1. The average molecular weight is 422 g/mol. The highest BCUT2D eigenvalue weighted by atomic mass is 32.2. The van der Waals surface area contributed by atoms with Gasteiger partial charge in [-0.25, -0.2) is 8.42 Å². The molecule has 1 amide bonds. The Morgan fingerprint density at radius 3 is 2.72 bits per heavy atom. The molecule has 0 saturated carbocycles. The molecule has 2 aromatic carbocycles. The van der Waals surface area contributed by atoms with Gasteiger partial charge in [0.15, 0.2) is 4.90 Å². The van der Waals surface area contributed by atoms with E-state index in [1.807, 2.05) is 4.90 Å². The van der Waals surface area contributed by atoms with Crippen LogP contribution in [0.3, 0.4) is 0 Å². The van der Waals surface area contributed by atoms with Gasteiger partial charge in [0.05, 0.1) is 11.0 Å². The first-order valence-corrected chi connectivity index (χ1v) is 10.3. The number of para-hydroxylation sites is 1. The quantitative estimate of drug-likeness (QED) is 0.517. The molecule has 3 N–H and O–H groups in total. The van der Waals surface area contributed by atoms with E-state index in [0.29, 0.717) is 19.5 Å². The van der Waals surface area contributed by atoms with Crippen LogP contribution in [-0.2, 0) is 21.4 Å². The molecule has 11 heteroatoms. The van der Waals surface area contributed by atoms with Crippen LogP contribution in [0.2, 0.25) is 0 Å². The number of anilines is 1. The summed E-state index contributed by atoms with van der Waals surface area (Å²) in [6, 6.07) is 8.91. The SMILES string of the molecule is NC(=O)[C@H]1CCCN1Cc1cccc(NS(=O)(=O)c2cccc(F)c2[N+](=O)[O-])c1. The molecule has 1 aliphatic rings. The van der Waals surface area contributed by atoms with Gasteiger partial charge in [0.25, 0.3) is 10.0 Å². The molecule has 29 heavy (non-hydrogen) atoms. The Balaban J connectivity index is 1.84. The molecule has 0 aliphatic carbocycles. The first-order valence-electron chi connectivity index (χ1n) is 8.77. The van der Waals surface area contributed by atoms with Crippen molar-refractivity contribution in [2.24, 2.45) is 5.73 Å². The van der Waals surface area contributed by atoms with Crippen molar-refractivity contribution >= 4 is 27.3 Å². The lowest BCUT2D eigenvalue weighted by molar-refractivity contribution is -0.390. The number of carbonyl (C=O) groups is 1. The summed E-state index contributed by atoms with van der Waals surface area (Å²) in [6.07, 6.45) is 1.51. The zero-order valence-electron chi connectivity index (χ0n) is 15.2. The molecule has 154 valence electrons. The highest BCUT2D eigenvalue weighted by Gasteiger charge is 2.30. The molecule has 0 spiro atoms. The van der Waals surface area contributed by atoms with E-state index in [1.165, 1.54) is 6.07 Å². The first-order chi connectivity index (χ1) is 13.7. The van der Waals surface area contributed by atoms with Crippen LogP contribution in [0.1, 0.15) is 18.4 Å². The lowest BCUT2D eigenvalue weighted by Crippen LogP contribution is -2.39. The van der Waals surface area contributed by atoms with Crippen LogP contribution in [0.4, 0.5) is 15.8 Å². The molecule has 1 saturated heterocycles. The number of hydrogen-bond donors (Lipinski definition) is 2. The van der Waals surface area contributed by atoms with Gasteiger partial charge in [0.2, 0.25) is 11.7 Å². The predicted molar refractivity (Wildman–Crippen MR) is 103 cm³/mol. The van der Waals surface area contributed by atoms with Gasteiger partial charge >= 0.3 is 5.69 Å². The van der Waals surface area contributed by atoms with Crippen molar-refractivity contribution in [2.75, 3.05) is 11.3 Å². The molecule has 1 heterocycles. The fraction of sp³-hybridized carbons (Fsp3) is 0.278. The van der Waals surface area contributed by atoms with E-state index < -0.39 is 37.3 Å². The number of likely N-dealkylation sites (tertiary alicyclic amines) is 1. The molecule has 1 fully saturated rings. The first kappa shape index (κ1) is 20.7. The average Bonchev–Trinajstić information content (AvgIpc) is 3.09. The third-order valence-corrected chi connectivity index (χ3v) is 6.09. The van der Waals surface area contributed by atoms with Crippen LogP contribution in [0, 0.1) is 15.9 Å². The summed E-state index contributed by atoms with van der Waals surface area (Å²) in [6.45, 7) is 1.09. The summed E-state index contributed by atoms with van der Waals surface area (Å²) in [5.74, 6) is -1.64. The monoisotopic (exact) mass is 422 g/mol. The topological polar surface area (TPSA) is 136 Å². The third-order valence-electron chi connectivity index (χ3n) is 4.68. The molecule has 0 aromatic heterocycles. The minimum absolute atomic E-state index is 0.163. The molecule has 0 radical (unpaired) electrons. The third kappa shape index (κ3) is 4.51. The Morgan fingerprint density at radius 1 is 1.31 bits per heavy atom. The number of sulfonamides is 1. The van der Waals surface area contributed by atoms with Crippen LogP contribution in [0.15, 0.2) is 47.4 Å². The molecule has 9 nitrogen and oxygen atoms in total. The Bertz CT molecular complexity index is 1060. The largest absolute Gasteiger partial charge is 0.368 e. The van der Waals surface area contributed by atoms with Gasteiger partial charge < -0.3 is 5.73 Å². The number of hydrogen-bond acceptors (Lipinski definition) is 6. The maximum Gasteiger partial charge on any atom is 0.325 e. The summed E-state index contributed by atoms with van der Waals surface area (Å²) in [5.41, 5.74) is 5.19. The zero-order chi connectivity index (χ0) is 21.2. The van der Waals surface area contributed by atoms with Gasteiger partial charge in [0, 0.05) is 12.2 Å². The van der Waals surface area contributed by atoms with E-state index in [2.05, 4.69) is 4.72 Å². The van der Waals surface area contributed by atoms with Gasteiger partial charge in [-0.2, -0.15) is 4.39 Å². The van der Waals surface area contributed by atoms with Crippen molar-refractivity contribution in [2.45, 2.75) is 30.3 Å². The van der Waals surface area contributed by atoms with Crippen molar-refractivity contribution in [3.8, 4) is 0 Å². The maximum absolute atomic E-state index is 13.8. The summed E-state index contributed by atoms with van der Waals surface area (Å²) in [7, 11) is -4.40. The summed E-state index contributed by atoms with van der Waals surface area (Å²) < 4.78 is 41.3. The molecular weight excluding hydrogens is 403 g/mol. The van der Waals surface area contributed by atoms with Crippen LogP contribution in [-0.4, -0.2) is 36.7 Å². The molecule has 3 rings (SSSR count). The second kappa shape index (κ2) is 8.13. The molecule has 0 unspecified atom stereocenters. The number of amides is 1. The van der Waals surface area contributed by atoms with Crippen LogP contribution < -0.4 is 10.5 Å². The number of nitrogens with zero attached hydrogens (tertiary/aromatic N) is 2. The van der Waals surface area contributed by atoms with Gasteiger partial charge in [0.1, 0.15) is 0 Å². The number of rotatable bonds is 7. The lowest BCUT2D eigenvalue weighted by atomic mass is 10.1. The highest BCUT2D eigenvalue weighted by molar-refractivity contribution is 7.92. The van der Waals surface area contributed by atoms with Crippen molar-refractivity contribution < 1.29 is 22.5 Å². The highest BCUT2D eigenvalue weighted by Crippen LogP contribution is 2.29.